The number of nitrogens with one attached hydrogen (secondary N) is 1. The van der Waals surface area contributed by atoms with E-state index in [2.05, 4.69) is 29.5 Å². The summed E-state index contributed by atoms with van der Waals surface area (Å²) in [6.07, 6.45) is 0. The van der Waals surface area contributed by atoms with Gasteiger partial charge in [-0.25, -0.2) is 0 Å². The van der Waals surface area contributed by atoms with Gasteiger partial charge in [-0.15, -0.1) is 11.3 Å². The quantitative estimate of drug-likeness (QED) is 0.411. The number of carbonyl (C=O) groups excluding carboxylic acids is 1. The maximum atomic E-state index is 12.7. The van der Waals surface area contributed by atoms with Crippen molar-refractivity contribution in [2.24, 2.45) is 0 Å². The highest BCUT2D eigenvalue weighted by Gasteiger charge is 2.15. The first kappa shape index (κ1) is 21.1. The third-order valence-corrected chi connectivity index (χ3v) is 6.41. The maximum Gasteiger partial charge on any atom is 0.266 e. The number of nitrogens with zero attached hydrogens (tertiary/aromatic N) is 2. The van der Waals surface area contributed by atoms with E-state index in [0.717, 1.165) is 11.3 Å². The minimum Gasteiger partial charge on any atom is -0.489 e. The largest absolute Gasteiger partial charge is 0.489 e. The van der Waals surface area contributed by atoms with E-state index < -0.39 is 0 Å². The van der Waals surface area contributed by atoms with Gasteiger partial charge >= 0.3 is 0 Å². The van der Waals surface area contributed by atoms with Crippen LogP contribution >= 0.6 is 11.3 Å². The summed E-state index contributed by atoms with van der Waals surface area (Å²) < 4.78 is 18.4. The lowest BCUT2D eigenvalue weighted by molar-refractivity contribution is 0.103. The Balaban J connectivity index is 1.20. The van der Waals surface area contributed by atoms with E-state index >= 15 is 0 Å². The minimum absolute atomic E-state index is 0.185. The van der Waals surface area contributed by atoms with Crippen molar-refractivity contribution in [1.82, 2.24) is 9.78 Å². The molecule has 7 nitrogen and oxygen atoms in total. The molecule has 0 fully saturated rings. The van der Waals surface area contributed by atoms with Crippen LogP contribution in [0, 0.1) is 13.8 Å². The Morgan fingerprint density at radius 3 is 2.85 bits per heavy atom. The Hall–Kier alpha value is -3.78. The second-order valence-corrected chi connectivity index (χ2v) is 8.74. The molecular formula is C25H23N3O4S. The normalized spacial score (nSPS) is 12.1. The van der Waals surface area contributed by atoms with E-state index in [9.17, 15) is 4.79 Å². The minimum atomic E-state index is -0.185. The van der Waals surface area contributed by atoms with Gasteiger partial charge in [0.2, 0.25) is 6.79 Å². The molecule has 0 saturated heterocycles. The first-order valence-electron chi connectivity index (χ1n) is 10.6. The van der Waals surface area contributed by atoms with Crippen LogP contribution in [0.25, 0.3) is 0 Å². The molecule has 5 rings (SSSR count). The van der Waals surface area contributed by atoms with Crippen molar-refractivity contribution in [3.05, 3.63) is 87.2 Å². The monoisotopic (exact) mass is 461 g/mol. The van der Waals surface area contributed by atoms with Crippen LogP contribution in [0.1, 0.15) is 32.1 Å². The van der Waals surface area contributed by atoms with E-state index in [1.54, 1.807) is 6.07 Å². The molecule has 0 aliphatic carbocycles. The lowest BCUT2D eigenvalue weighted by atomic mass is 10.1. The summed E-state index contributed by atoms with van der Waals surface area (Å²) >= 11 is 1.38. The van der Waals surface area contributed by atoms with Crippen LogP contribution < -0.4 is 19.5 Å². The Morgan fingerprint density at radius 1 is 1.12 bits per heavy atom. The van der Waals surface area contributed by atoms with E-state index in [-0.39, 0.29) is 12.7 Å². The van der Waals surface area contributed by atoms with Gasteiger partial charge in [0.15, 0.2) is 17.3 Å². The summed E-state index contributed by atoms with van der Waals surface area (Å²) in [6.45, 7) is 5.31. The molecule has 0 bridgehead atoms. The second-order valence-electron chi connectivity index (χ2n) is 7.83. The van der Waals surface area contributed by atoms with Gasteiger partial charge in [0.05, 0.1) is 11.4 Å². The van der Waals surface area contributed by atoms with Gasteiger partial charge < -0.3 is 19.5 Å². The van der Waals surface area contributed by atoms with Crippen LogP contribution in [-0.4, -0.2) is 22.5 Å². The van der Waals surface area contributed by atoms with Crippen LogP contribution in [0.3, 0.4) is 0 Å². The van der Waals surface area contributed by atoms with Gasteiger partial charge in [-0.3, -0.25) is 9.48 Å². The lowest BCUT2D eigenvalue weighted by Gasteiger charge is -2.07. The van der Waals surface area contributed by atoms with Gasteiger partial charge in [-0.2, -0.15) is 5.10 Å². The van der Waals surface area contributed by atoms with Gasteiger partial charge in [0.25, 0.3) is 5.91 Å². The van der Waals surface area contributed by atoms with Crippen LogP contribution in [0.4, 0.5) is 5.82 Å². The summed E-state index contributed by atoms with van der Waals surface area (Å²) in [5.74, 6) is 2.43. The van der Waals surface area contributed by atoms with E-state index in [1.807, 2.05) is 53.4 Å². The number of aromatic nitrogens is 2. The zero-order chi connectivity index (χ0) is 22.8. The summed E-state index contributed by atoms with van der Waals surface area (Å²) in [5, 5.41) is 9.39. The van der Waals surface area contributed by atoms with Crippen LogP contribution in [0.5, 0.6) is 17.2 Å². The number of benzene rings is 2. The maximum absolute atomic E-state index is 12.7. The molecule has 1 aliphatic rings. The Morgan fingerprint density at radius 2 is 1.97 bits per heavy atom. The van der Waals surface area contributed by atoms with Gasteiger partial charge in [0.1, 0.15) is 12.4 Å². The summed E-state index contributed by atoms with van der Waals surface area (Å²) in [6, 6.07) is 17.4. The number of thiophene rings is 1. The number of ether oxygens (including phenoxy) is 3. The van der Waals surface area contributed by atoms with Gasteiger partial charge in [-0.1, -0.05) is 24.3 Å². The molecule has 0 radical (unpaired) electrons. The zero-order valence-corrected chi connectivity index (χ0v) is 19.1. The smallest absolute Gasteiger partial charge is 0.266 e. The average Bonchev–Trinajstić information content (AvgIpc) is 3.54. The first-order chi connectivity index (χ1) is 16.0. The molecule has 4 aromatic rings. The van der Waals surface area contributed by atoms with Crippen molar-refractivity contribution in [3.63, 3.8) is 0 Å². The summed E-state index contributed by atoms with van der Waals surface area (Å²) in [4.78, 5) is 13.3. The fourth-order valence-electron chi connectivity index (χ4n) is 3.56. The fourth-order valence-corrected chi connectivity index (χ4v) is 4.35. The molecule has 1 amide bonds. The molecule has 33 heavy (non-hydrogen) atoms. The van der Waals surface area contributed by atoms with Crippen LogP contribution in [-0.2, 0) is 13.2 Å². The van der Waals surface area contributed by atoms with Crippen molar-refractivity contribution in [2.75, 3.05) is 12.1 Å². The first-order valence-corrected chi connectivity index (χ1v) is 11.4. The summed E-state index contributed by atoms with van der Waals surface area (Å²) in [5.41, 5.74) is 4.32. The highest BCUT2D eigenvalue weighted by Crippen LogP contribution is 2.35. The molecule has 0 spiro atoms. The number of carbonyl (C=O) groups is 1. The third kappa shape index (κ3) is 4.70. The molecule has 0 saturated carbocycles. The highest BCUT2D eigenvalue weighted by molar-refractivity contribution is 7.12. The Labute approximate surface area is 195 Å². The van der Waals surface area contributed by atoms with Crippen molar-refractivity contribution < 1.29 is 19.0 Å². The number of fused-ring (bicyclic) bond motifs is 1. The SMILES string of the molecule is Cc1ccccc1Cn1nc(NC(=O)c2cc(COc3ccc4c(c3)OCO4)cs2)cc1C. The molecule has 0 unspecified atom stereocenters. The number of anilines is 1. The molecule has 8 heteroatoms. The molecule has 1 N–H and O–H groups in total. The molecule has 0 atom stereocenters. The van der Waals surface area contributed by atoms with Crippen LogP contribution in [0.2, 0.25) is 0 Å². The van der Waals surface area contributed by atoms with Crippen molar-refractivity contribution in [3.8, 4) is 17.2 Å². The Kier molecular flexibility index (Phi) is 5.75. The van der Waals surface area contributed by atoms with E-state index in [4.69, 9.17) is 14.2 Å². The fraction of sp³-hybridized carbons (Fsp3) is 0.200. The van der Waals surface area contributed by atoms with Crippen LogP contribution in [0.15, 0.2) is 60.0 Å². The second kappa shape index (κ2) is 8.99. The van der Waals surface area contributed by atoms with Gasteiger partial charge in [-0.05, 0) is 48.6 Å². The highest BCUT2D eigenvalue weighted by atomic mass is 32.1. The number of hydrogen-bond acceptors (Lipinski definition) is 6. The van der Waals surface area contributed by atoms with Crippen molar-refractivity contribution in [1.29, 1.82) is 0 Å². The molecule has 1 aliphatic heterocycles. The van der Waals surface area contributed by atoms with E-state index in [1.165, 1.54) is 22.5 Å². The van der Waals surface area contributed by atoms with Gasteiger partial charge in [0, 0.05) is 23.4 Å². The molecule has 2 aromatic carbocycles. The molecular weight excluding hydrogens is 438 g/mol. The van der Waals surface area contributed by atoms with E-state index in [0.29, 0.717) is 41.1 Å². The number of amides is 1. The average molecular weight is 462 g/mol. The van der Waals surface area contributed by atoms with Crippen molar-refractivity contribution >= 4 is 23.1 Å². The number of hydrogen-bond donors (Lipinski definition) is 1. The third-order valence-electron chi connectivity index (χ3n) is 5.43. The topological polar surface area (TPSA) is 74.6 Å². The molecule has 3 heterocycles. The number of rotatable bonds is 7. The lowest BCUT2D eigenvalue weighted by Crippen LogP contribution is -2.11. The predicted octanol–water partition coefficient (Wildman–Crippen LogP) is 5.17. The molecule has 2 aromatic heterocycles. The van der Waals surface area contributed by atoms with Crippen molar-refractivity contribution in [2.45, 2.75) is 27.0 Å². The zero-order valence-electron chi connectivity index (χ0n) is 18.3. The number of aryl methyl sites for hydroxylation is 2. The summed E-state index contributed by atoms with van der Waals surface area (Å²) in [7, 11) is 0. The Bertz CT molecular complexity index is 1310. The molecule has 168 valence electrons. The standard InChI is InChI=1S/C25H23N3O4S/c1-16-5-3-4-6-19(16)12-28-17(2)9-24(27-28)26-25(29)23-10-18(14-33-23)13-30-20-7-8-21-22(11-20)32-15-31-21/h3-11,14H,12-13,15H2,1-2H3,(H,26,27,29). The predicted molar refractivity (Wildman–Crippen MR) is 126 cm³/mol.